The van der Waals surface area contributed by atoms with Crippen LogP contribution >= 0.6 is 0 Å². The Hall–Kier alpha value is -1.51. The average molecular weight is 175 g/mol. The van der Waals surface area contributed by atoms with Crippen molar-refractivity contribution in [2.75, 3.05) is 5.73 Å². The third kappa shape index (κ3) is 1.08. The summed E-state index contributed by atoms with van der Waals surface area (Å²) in [5, 5.41) is 0. The van der Waals surface area contributed by atoms with Crippen molar-refractivity contribution in [1.29, 1.82) is 0 Å². The van der Waals surface area contributed by atoms with E-state index in [9.17, 15) is 0 Å². The first-order valence-electron chi connectivity index (χ1n) is 4.29. The van der Waals surface area contributed by atoms with Gasteiger partial charge in [0.1, 0.15) is 0 Å². The summed E-state index contributed by atoms with van der Waals surface area (Å²) in [6, 6.07) is 4.20. The molecule has 2 rings (SSSR count). The number of nitrogen functional groups attached to an aromatic ring is 1. The predicted octanol–water partition coefficient (Wildman–Crippen LogP) is 1.77. The van der Waals surface area contributed by atoms with Gasteiger partial charge in [0, 0.05) is 7.05 Å². The maximum atomic E-state index is 5.72. The first-order valence-corrected chi connectivity index (χ1v) is 4.29. The molecule has 0 saturated heterocycles. The van der Waals surface area contributed by atoms with Crippen LogP contribution in [0, 0.1) is 13.8 Å². The molecular weight excluding hydrogens is 162 g/mol. The van der Waals surface area contributed by atoms with Crippen LogP contribution < -0.4 is 5.73 Å². The molecule has 0 radical (unpaired) electrons. The van der Waals surface area contributed by atoms with Gasteiger partial charge in [-0.05, 0) is 31.0 Å². The Balaban J connectivity index is 2.94. The largest absolute Gasteiger partial charge is 0.369 e. The Bertz CT molecular complexity index is 468. The van der Waals surface area contributed by atoms with Gasteiger partial charge in [0.15, 0.2) is 0 Å². The molecule has 0 atom stereocenters. The van der Waals surface area contributed by atoms with Gasteiger partial charge in [0.05, 0.1) is 11.0 Å². The number of benzene rings is 1. The van der Waals surface area contributed by atoms with Crippen LogP contribution in [0.15, 0.2) is 12.1 Å². The molecule has 0 aliphatic heterocycles. The first kappa shape index (κ1) is 8.10. The van der Waals surface area contributed by atoms with Gasteiger partial charge >= 0.3 is 0 Å². The molecule has 3 nitrogen and oxygen atoms in total. The Kier molecular flexibility index (Phi) is 1.55. The fraction of sp³-hybridized carbons (Fsp3) is 0.300. The van der Waals surface area contributed by atoms with Crippen molar-refractivity contribution in [2.24, 2.45) is 7.05 Å². The number of hydrogen-bond acceptors (Lipinski definition) is 2. The number of rotatable bonds is 0. The lowest BCUT2D eigenvalue weighted by Crippen LogP contribution is -1.97. The lowest BCUT2D eigenvalue weighted by molar-refractivity contribution is 0.961. The van der Waals surface area contributed by atoms with Crippen molar-refractivity contribution in [2.45, 2.75) is 13.8 Å². The SMILES string of the molecule is Cc1cc(C)c2c(c1)nc(N)n2C. The number of anilines is 1. The molecule has 0 aliphatic carbocycles. The Morgan fingerprint density at radius 3 is 2.69 bits per heavy atom. The zero-order valence-corrected chi connectivity index (χ0v) is 8.13. The molecule has 0 amide bonds. The highest BCUT2D eigenvalue weighted by atomic mass is 15.1. The van der Waals surface area contributed by atoms with Crippen molar-refractivity contribution < 1.29 is 0 Å². The van der Waals surface area contributed by atoms with E-state index in [2.05, 4.69) is 31.0 Å². The van der Waals surface area contributed by atoms with Crippen LogP contribution in [0.2, 0.25) is 0 Å². The van der Waals surface area contributed by atoms with Gasteiger partial charge in [-0.1, -0.05) is 6.07 Å². The zero-order valence-electron chi connectivity index (χ0n) is 8.13. The van der Waals surface area contributed by atoms with E-state index in [1.165, 1.54) is 11.1 Å². The van der Waals surface area contributed by atoms with Gasteiger partial charge in [-0.2, -0.15) is 0 Å². The number of fused-ring (bicyclic) bond motifs is 1. The fourth-order valence-electron chi connectivity index (χ4n) is 1.77. The molecule has 0 unspecified atom stereocenters. The molecule has 2 aromatic rings. The van der Waals surface area contributed by atoms with Gasteiger partial charge in [0.2, 0.25) is 5.95 Å². The second kappa shape index (κ2) is 2.49. The molecule has 0 fully saturated rings. The number of nitrogens with two attached hydrogens (primary N) is 1. The lowest BCUT2D eigenvalue weighted by Gasteiger charge is -2.01. The van der Waals surface area contributed by atoms with Gasteiger partial charge in [-0.25, -0.2) is 4.98 Å². The minimum Gasteiger partial charge on any atom is -0.369 e. The van der Waals surface area contributed by atoms with Gasteiger partial charge in [0.25, 0.3) is 0 Å². The van der Waals surface area contributed by atoms with Crippen LogP contribution in [0.4, 0.5) is 5.95 Å². The van der Waals surface area contributed by atoms with E-state index in [-0.39, 0.29) is 0 Å². The van der Waals surface area contributed by atoms with Crippen LogP contribution in [-0.2, 0) is 7.05 Å². The second-order valence-corrected chi connectivity index (χ2v) is 3.48. The van der Waals surface area contributed by atoms with Crippen molar-refractivity contribution in [3.8, 4) is 0 Å². The normalized spacial score (nSPS) is 11.0. The summed E-state index contributed by atoms with van der Waals surface area (Å²) in [6.45, 7) is 4.15. The number of nitrogens with zero attached hydrogens (tertiary/aromatic N) is 2. The van der Waals surface area contributed by atoms with E-state index in [1.54, 1.807) is 0 Å². The highest BCUT2D eigenvalue weighted by molar-refractivity contribution is 5.82. The summed E-state index contributed by atoms with van der Waals surface area (Å²) in [5.41, 5.74) is 10.3. The topological polar surface area (TPSA) is 43.8 Å². The maximum absolute atomic E-state index is 5.72. The summed E-state index contributed by atoms with van der Waals surface area (Å²) in [4.78, 5) is 4.28. The Morgan fingerprint density at radius 2 is 2.00 bits per heavy atom. The number of aromatic nitrogens is 2. The van der Waals surface area contributed by atoms with E-state index in [1.807, 2.05) is 11.6 Å². The first-order chi connectivity index (χ1) is 6.09. The molecular formula is C10H13N3. The summed E-state index contributed by atoms with van der Waals surface area (Å²) >= 11 is 0. The number of hydrogen-bond donors (Lipinski definition) is 1. The third-order valence-electron chi connectivity index (χ3n) is 2.34. The molecule has 0 bridgehead atoms. The molecule has 1 heterocycles. The molecule has 0 spiro atoms. The lowest BCUT2D eigenvalue weighted by atomic mass is 10.1. The van der Waals surface area contributed by atoms with E-state index in [4.69, 9.17) is 5.73 Å². The summed E-state index contributed by atoms with van der Waals surface area (Å²) in [5.74, 6) is 0.573. The smallest absolute Gasteiger partial charge is 0.200 e. The molecule has 0 aliphatic rings. The van der Waals surface area contributed by atoms with Gasteiger partial charge < -0.3 is 10.3 Å². The zero-order chi connectivity index (χ0) is 9.59. The highest BCUT2D eigenvalue weighted by Crippen LogP contribution is 2.21. The van der Waals surface area contributed by atoms with Crippen molar-refractivity contribution in [1.82, 2.24) is 9.55 Å². The Morgan fingerprint density at radius 1 is 1.31 bits per heavy atom. The number of imidazole rings is 1. The summed E-state index contributed by atoms with van der Waals surface area (Å²) in [6.07, 6.45) is 0. The van der Waals surface area contributed by atoms with E-state index < -0.39 is 0 Å². The fourth-order valence-corrected chi connectivity index (χ4v) is 1.77. The maximum Gasteiger partial charge on any atom is 0.200 e. The molecule has 1 aromatic heterocycles. The van der Waals surface area contributed by atoms with E-state index in [0.29, 0.717) is 5.95 Å². The minimum absolute atomic E-state index is 0.573. The molecule has 0 saturated carbocycles. The van der Waals surface area contributed by atoms with Crippen LogP contribution in [0.1, 0.15) is 11.1 Å². The van der Waals surface area contributed by atoms with E-state index in [0.717, 1.165) is 11.0 Å². The minimum atomic E-state index is 0.573. The molecule has 13 heavy (non-hydrogen) atoms. The van der Waals surface area contributed by atoms with Crippen molar-refractivity contribution in [3.05, 3.63) is 23.3 Å². The third-order valence-corrected chi connectivity index (χ3v) is 2.34. The van der Waals surface area contributed by atoms with Crippen LogP contribution in [0.5, 0.6) is 0 Å². The number of aryl methyl sites for hydroxylation is 3. The molecule has 1 aromatic carbocycles. The summed E-state index contributed by atoms with van der Waals surface area (Å²) in [7, 11) is 1.94. The van der Waals surface area contributed by atoms with Crippen LogP contribution in [0.25, 0.3) is 11.0 Å². The monoisotopic (exact) mass is 175 g/mol. The van der Waals surface area contributed by atoms with Crippen molar-refractivity contribution in [3.63, 3.8) is 0 Å². The molecule has 2 N–H and O–H groups in total. The summed E-state index contributed by atoms with van der Waals surface area (Å²) < 4.78 is 1.92. The van der Waals surface area contributed by atoms with Crippen LogP contribution in [0.3, 0.4) is 0 Å². The standard InChI is InChI=1S/C10H13N3/c1-6-4-7(2)9-8(5-6)12-10(11)13(9)3/h4-5H,1-3H3,(H2,11,12). The molecule has 68 valence electrons. The average Bonchev–Trinajstić information content (AvgIpc) is 2.27. The quantitative estimate of drug-likeness (QED) is 0.663. The van der Waals surface area contributed by atoms with E-state index >= 15 is 0 Å². The van der Waals surface area contributed by atoms with Crippen LogP contribution in [-0.4, -0.2) is 9.55 Å². The van der Waals surface area contributed by atoms with Crippen molar-refractivity contribution >= 4 is 17.0 Å². The second-order valence-electron chi connectivity index (χ2n) is 3.48. The van der Waals surface area contributed by atoms with Gasteiger partial charge in [-0.15, -0.1) is 0 Å². The highest BCUT2D eigenvalue weighted by Gasteiger charge is 2.07. The van der Waals surface area contributed by atoms with Gasteiger partial charge in [-0.3, -0.25) is 0 Å². The molecule has 3 heteroatoms. The predicted molar refractivity (Wildman–Crippen MR) is 54.6 cm³/mol. The Labute approximate surface area is 77.2 Å².